The Hall–Kier alpha value is -1.12. The largest absolute Gasteiger partial charge is 0.314 e. The lowest BCUT2D eigenvalue weighted by Gasteiger charge is -2.26. The summed E-state index contributed by atoms with van der Waals surface area (Å²) in [4.78, 5) is 0. The third kappa shape index (κ3) is 2.96. The molecule has 0 aromatic carbocycles. The van der Waals surface area contributed by atoms with E-state index in [0.29, 0.717) is 31.9 Å². The normalized spacial score (nSPS) is 18.2. The minimum atomic E-state index is -3.44. The van der Waals surface area contributed by atoms with Crippen LogP contribution in [-0.2, 0) is 16.8 Å². The van der Waals surface area contributed by atoms with Crippen molar-refractivity contribution >= 4 is 15.9 Å². The van der Waals surface area contributed by atoms with Crippen LogP contribution < -0.4 is 10.0 Å². The Kier molecular flexibility index (Phi) is 3.65. The Morgan fingerprint density at radius 3 is 2.76 bits per heavy atom. The van der Waals surface area contributed by atoms with Crippen molar-refractivity contribution in [1.29, 1.82) is 0 Å². The first kappa shape index (κ1) is 12.3. The monoisotopic (exact) mass is 259 g/mol. The standard InChI is InChI=1S/C9H17N5O2S/c1-2-13-8-9(7-11-13)12-17(15,16)14-5-3-10-4-6-14/h7-8,10,12H,2-6H2,1H3. The fraction of sp³-hybridized carbons (Fsp3) is 0.667. The molecule has 1 fully saturated rings. The molecule has 8 heteroatoms. The quantitative estimate of drug-likeness (QED) is 0.761. The fourth-order valence-corrected chi connectivity index (χ4v) is 2.88. The van der Waals surface area contributed by atoms with Crippen LogP contribution in [0.2, 0.25) is 0 Å². The maximum absolute atomic E-state index is 12.0. The van der Waals surface area contributed by atoms with E-state index >= 15 is 0 Å². The Morgan fingerprint density at radius 2 is 2.18 bits per heavy atom. The van der Waals surface area contributed by atoms with E-state index in [-0.39, 0.29) is 0 Å². The lowest BCUT2D eigenvalue weighted by Crippen LogP contribution is -2.48. The van der Waals surface area contributed by atoms with Gasteiger partial charge in [0.2, 0.25) is 0 Å². The molecule has 0 atom stereocenters. The van der Waals surface area contributed by atoms with E-state index < -0.39 is 10.2 Å². The van der Waals surface area contributed by atoms with E-state index in [1.165, 1.54) is 10.5 Å². The van der Waals surface area contributed by atoms with E-state index in [1.807, 2.05) is 6.92 Å². The van der Waals surface area contributed by atoms with Gasteiger partial charge < -0.3 is 5.32 Å². The smallest absolute Gasteiger partial charge is 0.301 e. The van der Waals surface area contributed by atoms with Crippen molar-refractivity contribution in [3.63, 3.8) is 0 Å². The number of aromatic nitrogens is 2. The second-order valence-corrected chi connectivity index (χ2v) is 5.51. The summed E-state index contributed by atoms with van der Waals surface area (Å²) in [6.07, 6.45) is 3.20. The van der Waals surface area contributed by atoms with E-state index in [1.54, 1.807) is 10.9 Å². The molecule has 0 unspecified atom stereocenters. The predicted molar refractivity (Wildman–Crippen MR) is 64.9 cm³/mol. The van der Waals surface area contributed by atoms with Gasteiger partial charge in [0.05, 0.1) is 11.9 Å². The number of aryl methyl sites for hydroxylation is 1. The van der Waals surface area contributed by atoms with Crippen LogP contribution in [0.5, 0.6) is 0 Å². The molecule has 1 aliphatic heterocycles. The Bertz CT molecular complexity index is 463. The first-order valence-corrected chi connectivity index (χ1v) is 7.07. The average Bonchev–Trinajstić information content (AvgIpc) is 2.77. The second kappa shape index (κ2) is 5.03. The van der Waals surface area contributed by atoms with Gasteiger partial charge >= 0.3 is 10.2 Å². The third-order valence-electron chi connectivity index (χ3n) is 2.62. The Morgan fingerprint density at radius 1 is 1.47 bits per heavy atom. The highest BCUT2D eigenvalue weighted by Crippen LogP contribution is 2.11. The summed E-state index contributed by atoms with van der Waals surface area (Å²) >= 11 is 0. The zero-order valence-electron chi connectivity index (χ0n) is 9.76. The molecule has 7 nitrogen and oxygen atoms in total. The van der Waals surface area contributed by atoms with E-state index in [9.17, 15) is 8.42 Å². The van der Waals surface area contributed by atoms with Crippen LogP contribution in [0.15, 0.2) is 12.4 Å². The Labute approximate surface area is 101 Å². The van der Waals surface area contributed by atoms with E-state index in [0.717, 1.165) is 6.54 Å². The van der Waals surface area contributed by atoms with Gasteiger partial charge in [-0.15, -0.1) is 0 Å². The zero-order valence-corrected chi connectivity index (χ0v) is 10.6. The van der Waals surface area contributed by atoms with Crippen molar-refractivity contribution in [3.8, 4) is 0 Å². The summed E-state index contributed by atoms with van der Waals surface area (Å²) in [7, 11) is -3.44. The maximum atomic E-state index is 12.0. The van der Waals surface area contributed by atoms with Crippen molar-refractivity contribution in [1.82, 2.24) is 19.4 Å². The molecular formula is C9H17N5O2S. The van der Waals surface area contributed by atoms with Crippen molar-refractivity contribution in [2.75, 3.05) is 30.9 Å². The van der Waals surface area contributed by atoms with Crippen molar-refractivity contribution in [2.45, 2.75) is 13.5 Å². The number of nitrogens with one attached hydrogen (secondary N) is 2. The number of nitrogens with zero attached hydrogens (tertiary/aromatic N) is 3. The van der Waals surface area contributed by atoms with Crippen LogP contribution in [0, 0.1) is 0 Å². The highest BCUT2D eigenvalue weighted by atomic mass is 32.2. The number of piperazine rings is 1. The number of anilines is 1. The molecule has 0 bridgehead atoms. The molecule has 96 valence electrons. The van der Waals surface area contributed by atoms with Crippen LogP contribution in [0.4, 0.5) is 5.69 Å². The molecule has 1 aromatic heterocycles. The summed E-state index contributed by atoms with van der Waals surface area (Å²) in [6.45, 7) is 5.04. The first-order valence-electron chi connectivity index (χ1n) is 5.63. The number of hydrogen-bond donors (Lipinski definition) is 2. The third-order valence-corrected chi connectivity index (χ3v) is 4.16. The molecule has 2 heterocycles. The van der Waals surface area contributed by atoms with Gasteiger partial charge in [0.25, 0.3) is 0 Å². The molecule has 0 saturated carbocycles. The molecule has 1 saturated heterocycles. The number of rotatable bonds is 4. The average molecular weight is 259 g/mol. The van der Waals surface area contributed by atoms with Crippen LogP contribution in [0.25, 0.3) is 0 Å². The minimum Gasteiger partial charge on any atom is -0.314 e. The van der Waals surface area contributed by atoms with Gasteiger partial charge in [0, 0.05) is 38.9 Å². The molecule has 0 aliphatic carbocycles. The maximum Gasteiger partial charge on any atom is 0.301 e. The van der Waals surface area contributed by atoms with E-state index in [4.69, 9.17) is 0 Å². The van der Waals surface area contributed by atoms with Crippen LogP contribution >= 0.6 is 0 Å². The number of hydrogen-bond acceptors (Lipinski definition) is 4. The molecule has 1 aromatic rings. The van der Waals surface area contributed by atoms with Crippen molar-refractivity contribution in [2.24, 2.45) is 0 Å². The van der Waals surface area contributed by atoms with Crippen LogP contribution in [0.1, 0.15) is 6.92 Å². The molecule has 2 rings (SSSR count). The topological polar surface area (TPSA) is 79.3 Å². The van der Waals surface area contributed by atoms with Gasteiger partial charge in [0.1, 0.15) is 0 Å². The highest BCUT2D eigenvalue weighted by Gasteiger charge is 2.23. The van der Waals surface area contributed by atoms with Crippen molar-refractivity contribution in [3.05, 3.63) is 12.4 Å². The van der Waals surface area contributed by atoms with Crippen LogP contribution in [0.3, 0.4) is 0 Å². The summed E-state index contributed by atoms with van der Waals surface area (Å²) < 4.78 is 29.6. The molecule has 1 aliphatic rings. The molecular weight excluding hydrogens is 242 g/mol. The molecule has 2 N–H and O–H groups in total. The van der Waals surface area contributed by atoms with Gasteiger partial charge in [-0.1, -0.05) is 0 Å². The Balaban J connectivity index is 2.05. The molecule has 0 radical (unpaired) electrons. The van der Waals surface area contributed by atoms with Crippen molar-refractivity contribution < 1.29 is 8.42 Å². The second-order valence-electron chi connectivity index (χ2n) is 3.84. The summed E-state index contributed by atoms with van der Waals surface area (Å²) in [5.74, 6) is 0. The first-order chi connectivity index (χ1) is 8.12. The summed E-state index contributed by atoms with van der Waals surface area (Å²) in [6, 6.07) is 0. The van der Waals surface area contributed by atoms with E-state index in [2.05, 4.69) is 15.1 Å². The lowest BCUT2D eigenvalue weighted by molar-refractivity contribution is 0.362. The highest BCUT2D eigenvalue weighted by molar-refractivity contribution is 7.90. The van der Waals surface area contributed by atoms with Crippen LogP contribution in [-0.4, -0.2) is 48.7 Å². The van der Waals surface area contributed by atoms with Gasteiger partial charge in [-0.2, -0.15) is 17.8 Å². The molecule has 0 amide bonds. The fourth-order valence-electron chi connectivity index (χ4n) is 1.69. The predicted octanol–water partition coefficient (Wildman–Crippen LogP) is -0.535. The lowest BCUT2D eigenvalue weighted by atomic mass is 10.4. The SMILES string of the molecule is CCn1cc(NS(=O)(=O)N2CCNCC2)cn1. The molecule has 0 spiro atoms. The van der Waals surface area contributed by atoms with Gasteiger partial charge in [-0.05, 0) is 6.92 Å². The summed E-state index contributed by atoms with van der Waals surface area (Å²) in [5.41, 5.74) is 0.505. The zero-order chi connectivity index (χ0) is 12.3. The van der Waals surface area contributed by atoms with Gasteiger partial charge in [-0.25, -0.2) is 0 Å². The summed E-state index contributed by atoms with van der Waals surface area (Å²) in [5, 5.41) is 7.14. The van der Waals surface area contributed by atoms with Gasteiger partial charge in [0.15, 0.2) is 0 Å². The molecule has 17 heavy (non-hydrogen) atoms. The van der Waals surface area contributed by atoms with Gasteiger partial charge in [-0.3, -0.25) is 9.40 Å². The minimum absolute atomic E-state index is 0.497.